The summed E-state index contributed by atoms with van der Waals surface area (Å²) >= 11 is 0. The van der Waals surface area contributed by atoms with Gasteiger partial charge in [0.1, 0.15) is 11.9 Å². The van der Waals surface area contributed by atoms with Crippen LogP contribution < -0.4 is 18.9 Å². The maximum atomic E-state index is 14.1. The topological polar surface area (TPSA) is 111 Å². The molecule has 0 aromatic heterocycles. The fourth-order valence-electron chi connectivity index (χ4n) is 7.20. The lowest BCUT2D eigenvalue weighted by Gasteiger charge is -2.49. The van der Waals surface area contributed by atoms with Gasteiger partial charge in [-0.3, -0.25) is 4.79 Å². The van der Waals surface area contributed by atoms with Gasteiger partial charge in [0, 0.05) is 13.5 Å². The van der Waals surface area contributed by atoms with Gasteiger partial charge in [-0.2, -0.15) is 0 Å². The van der Waals surface area contributed by atoms with E-state index in [0.717, 1.165) is 11.1 Å². The predicted octanol–water partition coefficient (Wildman–Crippen LogP) is 5.37. The van der Waals surface area contributed by atoms with Crippen LogP contribution in [0.4, 0.5) is 0 Å². The Balaban J connectivity index is 1.53. The molecule has 1 N–H and O–H groups in total. The first-order chi connectivity index (χ1) is 21.9. The summed E-state index contributed by atoms with van der Waals surface area (Å²) < 4.78 is 50.5. The summed E-state index contributed by atoms with van der Waals surface area (Å²) in [4.78, 5) is 14.1. The average Bonchev–Trinajstić information content (AvgIpc) is 3.37. The van der Waals surface area contributed by atoms with Crippen LogP contribution in [0.5, 0.6) is 23.0 Å². The number of ether oxygens (including phenoxy) is 8. The van der Waals surface area contributed by atoms with E-state index in [9.17, 15) is 9.90 Å². The lowest BCUT2D eigenvalue weighted by molar-refractivity contribution is -0.281. The van der Waals surface area contributed by atoms with Gasteiger partial charge < -0.3 is 43.0 Å². The monoisotopic (exact) mass is 614 g/mol. The van der Waals surface area contributed by atoms with E-state index >= 15 is 0 Å². The Morgan fingerprint density at radius 3 is 2.02 bits per heavy atom. The highest BCUT2D eigenvalue weighted by atomic mass is 16.7. The van der Waals surface area contributed by atoms with Crippen LogP contribution in [-0.4, -0.2) is 52.2 Å². The van der Waals surface area contributed by atoms with Crippen LogP contribution in [0.25, 0.3) is 0 Å². The minimum Gasteiger partial charge on any atom is -0.494 e. The van der Waals surface area contributed by atoms with Crippen LogP contribution in [0.3, 0.4) is 0 Å². The molecule has 10 nitrogen and oxygen atoms in total. The first-order valence-corrected chi connectivity index (χ1v) is 14.7. The minimum atomic E-state index is -1.91. The predicted molar refractivity (Wildman–Crippen MR) is 160 cm³/mol. The summed E-state index contributed by atoms with van der Waals surface area (Å²) in [6.45, 7) is 0. The van der Waals surface area contributed by atoms with Crippen molar-refractivity contribution < 1.29 is 47.8 Å². The molecule has 0 amide bonds. The van der Waals surface area contributed by atoms with Gasteiger partial charge in [0.2, 0.25) is 22.9 Å². The van der Waals surface area contributed by atoms with E-state index < -0.39 is 35.5 Å². The third-order valence-electron chi connectivity index (χ3n) is 9.09. The number of allylic oxidation sites excluding steroid dienone is 1. The van der Waals surface area contributed by atoms with Crippen molar-refractivity contribution in [3.8, 4) is 23.0 Å². The van der Waals surface area contributed by atoms with E-state index in [4.69, 9.17) is 37.9 Å². The van der Waals surface area contributed by atoms with E-state index in [1.807, 2.05) is 60.7 Å². The van der Waals surface area contributed by atoms with Crippen molar-refractivity contribution in [2.24, 2.45) is 0 Å². The molecule has 0 fully saturated rings. The van der Waals surface area contributed by atoms with E-state index in [1.54, 1.807) is 6.08 Å². The van der Waals surface area contributed by atoms with E-state index in [2.05, 4.69) is 0 Å². The standard InChI is InChI=1S/C35H34O10/c1-38-30-26-28(25-22(36)18-24(20-14-10-7-11-15-20)43-29(25)32(30)40-3)45-35-21(16-17-23(44-35)19-12-8-6-9-13-19)27(37)31(39-2)33(41-4)34(26,35)42-5/h6-16,22-24,36H,17-18H2,1-5H3/t22-,23-,24-,34-,35-/m1/s1. The average molecular weight is 615 g/mol. The number of carbonyl (C=O) groups is 1. The molecule has 0 radical (unpaired) electrons. The molecule has 3 aliphatic heterocycles. The lowest BCUT2D eigenvalue weighted by atomic mass is 9.72. The minimum absolute atomic E-state index is 0.0239. The summed E-state index contributed by atoms with van der Waals surface area (Å²) in [6, 6.07) is 19.3. The maximum absolute atomic E-state index is 14.1. The van der Waals surface area contributed by atoms with Crippen LogP contribution >= 0.6 is 0 Å². The second kappa shape index (κ2) is 10.8. The molecule has 1 spiro atoms. The Labute approximate surface area is 260 Å². The number of ketones is 1. The molecule has 1 aliphatic carbocycles. The highest BCUT2D eigenvalue weighted by Crippen LogP contribution is 2.70. The van der Waals surface area contributed by atoms with Gasteiger partial charge >= 0.3 is 0 Å². The number of benzene rings is 3. The van der Waals surface area contributed by atoms with Crippen molar-refractivity contribution in [1.29, 1.82) is 0 Å². The van der Waals surface area contributed by atoms with Crippen LogP contribution in [0, 0.1) is 0 Å². The highest BCUT2D eigenvalue weighted by Gasteiger charge is 2.76. The summed E-state index contributed by atoms with van der Waals surface area (Å²) in [5.41, 5.74) is 0.786. The summed E-state index contributed by atoms with van der Waals surface area (Å²) in [7, 11) is 7.26. The number of rotatable bonds is 7. The van der Waals surface area contributed by atoms with Gasteiger partial charge in [0.05, 0.1) is 57.3 Å². The van der Waals surface area contributed by atoms with Crippen molar-refractivity contribution in [3.05, 3.63) is 106 Å². The second-order valence-electron chi connectivity index (χ2n) is 11.2. The molecule has 0 saturated carbocycles. The first kappa shape index (κ1) is 29.2. The smallest absolute Gasteiger partial charge is 0.283 e. The Hall–Kier alpha value is -4.51. The molecule has 0 bridgehead atoms. The number of hydrogen-bond donors (Lipinski definition) is 1. The van der Waals surface area contributed by atoms with Crippen molar-refractivity contribution in [2.45, 2.75) is 42.5 Å². The van der Waals surface area contributed by atoms with Crippen molar-refractivity contribution in [2.75, 3.05) is 35.5 Å². The van der Waals surface area contributed by atoms with Gasteiger partial charge in [0.25, 0.3) is 5.79 Å². The van der Waals surface area contributed by atoms with E-state index in [1.165, 1.54) is 35.5 Å². The number of hydrogen-bond acceptors (Lipinski definition) is 10. The van der Waals surface area contributed by atoms with Crippen molar-refractivity contribution >= 4 is 5.78 Å². The van der Waals surface area contributed by atoms with Crippen LogP contribution in [0.15, 0.2) is 83.8 Å². The number of fused-ring (bicyclic) bond motifs is 4. The Morgan fingerprint density at radius 2 is 1.44 bits per heavy atom. The molecule has 10 heteroatoms. The quantitative estimate of drug-likeness (QED) is 0.373. The molecule has 5 atom stereocenters. The Bertz CT molecular complexity index is 1720. The third kappa shape index (κ3) is 3.82. The fourth-order valence-corrected chi connectivity index (χ4v) is 7.20. The number of aliphatic hydroxyl groups is 1. The zero-order chi connectivity index (χ0) is 31.5. The molecular formula is C35H34O10. The van der Waals surface area contributed by atoms with Gasteiger partial charge in [-0.25, -0.2) is 0 Å². The number of methoxy groups -OCH3 is 5. The SMILES string of the molecule is COC1=C(OC)[C@]2(OC)c3c(OC)c(OC)c4c(c3O[C@@]23O[C@@H](c2ccccc2)CC=C3C1=O)[C@H](O)C[C@H](c1ccccc1)O4. The lowest BCUT2D eigenvalue weighted by Crippen LogP contribution is -2.63. The molecular weight excluding hydrogens is 580 g/mol. The molecule has 3 aromatic rings. The molecule has 7 rings (SSSR count). The fraction of sp³-hybridized carbons (Fsp3) is 0.343. The number of Topliss-reactive ketones (excluding diaryl/α,β-unsaturated/α-hetero) is 1. The molecule has 0 saturated heterocycles. The van der Waals surface area contributed by atoms with Crippen LogP contribution in [0.2, 0.25) is 0 Å². The van der Waals surface area contributed by atoms with Gasteiger partial charge in [-0.05, 0) is 17.5 Å². The zero-order valence-corrected chi connectivity index (χ0v) is 25.6. The summed E-state index contributed by atoms with van der Waals surface area (Å²) in [5.74, 6) is -1.56. The molecule has 234 valence electrons. The van der Waals surface area contributed by atoms with Gasteiger partial charge in [0.15, 0.2) is 17.3 Å². The maximum Gasteiger partial charge on any atom is 0.283 e. The highest BCUT2D eigenvalue weighted by molar-refractivity contribution is 6.11. The Kier molecular flexibility index (Phi) is 7.03. The van der Waals surface area contributed by atoms with Crippen LogP contribution in [0.1, 0.15) is 53.4 Å². The number of aliphatic hydroxyl groups excluding tert-OH is 1. The summed E-state index contributed by atoms with van der Waals surface area (Å²) in [6.07, 6.45) is 0.328. The van der Waals surface area contributed by atoms with Gasteiger partial charge in [-0.15, -0.1) is 0 Å². The molecule has 3 aromatic carbocycles. The van der Waals surface area contributed by atoms with Crippen molar-refractivity contribution in [3.63, 3.8) is 0 Å². The normalized spacial score (nSPS) is 28.0. The zero-order valence-electron chi connectivity index (χ0n) is 25.6. The summed E-state index contributed by atoms with van der Waals surface area (Å²) in [5, 5.41) is 11.8. The van der Waals surface area contributed by atoms with E-state index in [0.29, 0.717) is 17.5 Å². The molecule has 45 heavy (non-hydrogen) atoms. The van der Waals surface area contributed by atoms with Gasteiger partial charge in [-0.1, -0.05) is 66.7 Å². The Morgan fingerprint density at radius 1 is 0.800 bits per heavy atom. The second-order valence-corrected chi connectivity index (χ2v) is 11.2. The molecule has 3 heterocycles. The first-order valence-electron chi connectivity index (χ1n) is 14.7. The number of carbonyl (C=O) groups excluding carboxylic acids is 1. The third-order valence-corrected chi connectivity index (χ3v) is 9.09. The van der Waals surface area contributed by atoms with Crippen molar-refractivity contribution in [1.82, 2.24) is 0 Å². The molecule has 4 aliphatic rings. The largest absolute Gasteiger partial charge is 0.494 e. The van der Waals surface area contributed by atoms with E-state index in [-0.39, 0.29) is 46.5 Å². The molecule has 0 unspecified atom stereocenters. The van der Waals surface area contributed by atoms with Crippen LogP contribution in [-0.2, 0) is 29.3 Å².